The first-order valence-corrected chi connectivity index (χ1v) is 5.68. The highest BCUT2D eigenvalue weighted by molar-refractivity contribution is 8.80. The molecule has 0 aliphatic heterocycles. The van der Waals surface area contributed by atoms with Crippen LogP contribution in [0.15, 0.2) is 0 Å². The lowest BCUT2D eigenvalue weighted by Crippen LogP contribution is -2.12. The van der Waals surface area contributed by atoms with Gasteiger partial charge in [-0.1, -0.05) is 0 Å². The summed E-state index contributed by atoms with van der Waals surface area (Å²) in [5.41, 5.74) is 0. The van der Waals surface area contributed by atoms with Gasteiger partial charge >= 0.3 is 0 Å². The number of Topliss-reactive ketones (excluding diaryl/α,β-unsaturated/α-hetero) is 2. The summed E-state index contributed by atoms with van der Waals surface area (Å²) in [4.78, 5) is 32.1. The Kier molecular flexibility index (Phi) is 6.93. The molecule has 0 bridgehead atoms. The van der Waals surface area contributed by atoms with Crippen molar-refractivity contribution in [3.05, 3.63) is 0 Å². The molecule has 13 heavy (non-hydrogen) atoms. The first-order valence-electron chi connectivity index (χ1n) is 3.60. The maximum Gasteiger partial charge on any atom is 0.209 e. The standard InChI is InChI=1S/C7H10O4S2/c1-3-11-13-12-7(10)4-6(9)5(2)8/h3-4H2,1-2H3. The van der Waals surface area contributed by atoms with Gasteiger partial charge in [-0.15, -0.1) is 0 Å². The Labute approximate surface area is 84.4 Å². The molecule has 0 aromatic carbocycles. The average molecular weight is 222 g/mol. The summed E-state index contributed by atoms with van der Waals surface area (Å²) in [5.74, 6) is -1.25. The molecule has 0 aromatic rings. The lowest BCUT2D eigenvalue weighted by atomic mass is 10.2. The fourth-order valence-corrected chi connectivity index (χ4v) is 1.64. The minimum atomic E-state index is -0.658. The second kappa shape index (κ2) is 7.11. The Hall–Kier alpha value is -0.330. The first kappa shape index (κ1) is 12.7. The third-order valence-corrected chi connectivity index (χ3v) is 2.77. The fraction of sp³-hybridized carbons (Fsp3) is 0.571. The van der Waals surface area contributed by atoms with E-state index in [0.29, 0.717) is 6.61 Å². The SMILES string of the molecule is CCOSSC(=O)CC(=O)C(C)=O. The predicted octanol–water partition coefficient (Wildman–Crippen LogP) is 1.39. The normalized spacial score (nSPS) is 9.69. The van der Waals surface area contributed by atoms with Crippen LogP contribution in [0.4, 0.5) is 0 Å². The van der Waals surface area contributed by atoms with Crippen LogP contribution in [0.25, 0.3) is 0 Å². The molecule has 0 radical (unpaired) electrons. The van der Waals surface area contributed by atoms with Gasteiger partial charge in [-0.3, -0.25) is 14.4 Å². The molecular formula is C7H10O4S2. The number of hydrogen-bond acceptors (Lipinski definition) is 6. The van der Waals surface area contributed by atoms with Gasteiger partial charge in [0.25, 0.3) is 0 Å². The lowest BCUT2D eigenvalue weighted by Gasteiger charge is -1.96. The summed E-state index contributed by atoms with van der Waals surface area (Å²) in [6.07, 6.45) is -0.347. The molecule has 0 saturated carbocycles. The molecule has 74 valence electrons. The largest absolute Gasteiger partial charge is 0.305 e. The molecule has 0 rings (SSSR count). The molecule has 0 fully saturated rings. The maximum atomic E-state index is 10.9. The van der Waals surface area contributed by atoms with Crippen molar-refractivity contribution in [2.45, 2.75) is 20.3 Å². The van der Waals surface area contributed by atoms with E-state index in [9.17, 15) is 14.4 Å². The minimum absolute atomic E-state index is 0.347. The van der Waals surface area contributed by atoms with Crippen LogP contribution in [0.2, 0.25) is 0 Å². The van der Waals surface area contributed by atoms with Crippen LogP contribution in [-0.2, 0) is 18.6 Å². The van der Waals surface area contributed by atoms with E-state index in [2.05, 4.69) is 0 Å². The zero-order valence-electron chi connectivity index (χ0n) is 7.36. The van der Waals surface area contributed by atoms with Gasteiger partial charge in [-0.2, -0.15) is 0 Å². The van der Waals surface area contributed by atoms with Crippen molar-refractivity contribution in [2.75, 3.05) is 6.61 Å². The highest BCUT2D eigenvalue weighted by Crippen LogP contribution is 2.24. The predicted molar refractivity (Wildman–Crippen MR) is 52.1 cm³/mol. The summed E-state index contributed by atoms with van der Waals surface area (Å²) < 4.78 is 4.81. The van der Waals surface area contributed by atoms with Crippen molar-refractivity contribution < 1.29 is 18.6 Å². The van der Waals surface area contributed by atoms with Crippen molar-refractivity contribution >= 4 is 38.6 Å². The third kappa shape index (κ3) is 6.80. The number of carbonyl (C=O) groups is 3. The molecular weight excluding hydrogens is 212 g/mol. The molecule has 4 nitrogen and oxygen atoms in total. The summed E-state index contributed by atoms with van der Waals surface area (Å²) in [7, 11) is 0.829. The Balaban J connectivity index is 3.62. The molecule has 0 aliphatic rings. The van der Waals surface area contributed by atoms with Crippen molar-refractivity contribution in [1.29, 1.82) is 0 Å². The van der Waals surface area contributed by atoms with E-state index in [1.54, 1.807) is 6.92 Å². The van der Waals surface area contributed by atoms with Crippen LogP contribution in [-0.4, -0.2) is 23.3 Å². The van der Waals surface area contributed by atoms with Crippen molar-refractivity contribution in [3.8, 4) is 0 Å². The molecule has 0 aliphatic carbocycles. The second-order valence-corrected chi connectivity index (χ2v) is 3.99. The molecule has 0 atom stereocenters. The third-order valence-electron chi connectivity index (χ3n) is 0.990. The van der Waals surface area contributed by atoms with Gasteiger partial charge in [0.1, 0.15) is 0 Å². The van der Waals surface area contributed by atoms with Gasteiger partial charge in [0.2, 0.25) is 10.9 Å². The molecule has 0 spiro atoms. The summed E-state index contributed by atoms with van der Waals surface area (Å²) in [5, 5.41) is -0.362. The van der Waals surface area contributed by atoms with Gasteiger partial charge in [0, 0.05) is 17.7 Å². The van der Waals surface area contributed by atoms with Crippen LogP contribution in [0, 0.1) is 0 Å². The van der Waals surface area contributed by atoms with E-state index in [0.717, 1.165) is 28.8 Å². The Morgan fingerprint density at radius 3 is 2.38 bits per heavy atom. The average Bonchev–Trinajstić information content (AvgIpc) is 2.04. The van der Waals surface area contributed by atoms with Crippen LogP contribution < -0.4 is 0 Å². The number of ketones is 2. The molecule has 0 aromatic heterocycles. The number of rotatable bonds is 6. The Morgan fingerprint density at radius 2 is 1.92 bits per heavy atom. The maximum absolute atomic E-state index is 10.9. The van der Waals surface area contributed by atoms with Crippen molar-refractivity contribution in [3.63, 3.8) is 0 Å². The topological polar surface area (TPSA) is 60.4 Å². The summed E-state index contributed by atoms with van der Waals surface area (Å²) >= 11 is 0.919. The van der Waals surface area contributed by atoms with E-state index in [1.807, 2.05) is 0 Å². The van der Waals surface area contributed by atoms with Gasteiger partial charge < -0.3 is 4.18 Å². The van der Waals surface area contributed by atoms with Gasteiger partial charge in [0.05, 0.1) is 24.1 Å². The quantitative estimate of drug-likeness (QED) is 0.222. The fourth-order valence-electron chi connectivity index (χ4n) is 0.395. The van der Waals surface area contributed by atoms with E-state index < -0.39 is 11.6 Å². The monoisotopic (exact) mass is 222 g/mol. The molecule has 0 N–H and O–H groups in total. The van der Waals surface area contributed by atoms with E-state index >= 15 is 0 Å². The lowest BCUT2D eigenvalue weighted by molar-refractivity contribution is -0.136. The van der Waals surface area contributed by atoms with Crippen LogP contribution >= 0.6 is 21.9 Å². The van der Waals surface area contributed by atoms with Gasteiger partial charge in [-0.25, -0.2) is 0 Å². The van der Waals surface area contributed by atoms with E-state index in [-0.39, 0.29) is 11.5 Å². The molecule has 0 heterocycles. The highest BCUT2D eigenvalue weighted by Gasteiger charge is 2.14. The van der Waals surface area contributed by atoms with Gasteiger partial charge in [0.15, 0.2) is 5.78 Å². The molecule has 0 saturated heterocycles. The van der Waals surface area contributed by atoms with E-state index in [4.69, 9.17) is 4.18 Å². The Morgan fingerprint density at radius 1 is 1.31 bits per heavy atom. The second-order valence-electron chi connectivity index (χ2n) is 2.09. The highest BCUT2D eigenvalue weighted by atomic mass is 33.1. The smallest absolute Gasteiger partial charge is 0.209 e. The van der Waals surface area contributed by atoms with Gasteiger partial charge in [-0.05, 0) is 6.92 Å². The van der Waals surface area contributed by atoms with Crippen LogP contribution in [0.3, 0.4) is 0 Å². The van der Waals surface area contributed by atoms with Crippen molar-refractivity contribution in [2.24, 2.45) is 0 Å². The Bertz CT molecular complexity index is 215. The molecule has 0 unspecified atom stereocenters. The zero-order valence-corrected chi connectivity index (χ0v) is 9.00. The van der Waals surface area contributed by atoms with Crippen LogP contribution in [0.5, 0.6) is 0 Å². The van der Waals surface area contributed by atoms with Crippen LogP contribution in [0.1, 0.15) is 20.3 Å². The minimum Gasteiger partial charge on any atom is -0.305 e. The number of hydrogen-bond donors (Lipinski definition) is 0. The van der Waals surface area contributed by atoms with Crippen molar-refractivity contribution in [1.82, 2.24) is 0 Å². The summed E-state index contributed by atoms with van der Waals surface area (Å²) in [6.45, 7) is 3.43. The molecule has 6 heteroatoms. The zero-order chi connectivity index (χ0) is 10.3. The molecule has 0 amide bonds. The number of carbonyl (C=O) groups excluding carboxylic acids is 3. The first-order chi connectivity index (χ1) is 6.07. The van der Waals surface area contributed by atoms with E-state index in [1.165, 1.54) is 0 Å². The summed E-state index contributed by atoms with van der Waals surface area (Å²) in [6, 6.07) is 0.